The summed E-state index contributed by atoms with van der Waals surface area (Å²) < 4.78 is 4.93. The maximum atomic E-state index is 11.8. The molecule has 1 heterocycles. The third-order valence-corrected chi connectivity index (χ3v) is 2.73. The van der Waals surface area contributed by atoms with Gasteiger partial charge in [-0.05, 0) is 19.1 Å². The van der Waals surface area contributed by atoms with Crippen molar-refractivity contribution in [3.63, 3.8) is 0 Å². The Morgan fingerprint density at radius 2 is 1.71 bits per heavy atom. The molecule has 3 amide bonds. The third-order valence-electron chi connectivity index (χ3n) is 2.73. The molecule has 0 aliphatic carbocycles. The lowest BCUT2D eigenvalue weighted by Crippen LogP contribution is -2.46. The lowest BCUT2D eigenvalue weighted by molar-refractivity contribution is -0.125. The Morgan fingerprint density at radius 3 is 2.24 bits per heavy atom. The largest absolute Gasteiger partial charge is 0.459 e. The molecule has 0 saturated heterocycles. The summed E-state index contributed by atoms with van der Waals surface area (Å²) in [5.41, 5.74) is 0. The van der Waals surface area contributed by atoms with Crippen LogP contribution < -0.4 is 16.0 Å². The second kappa shape index (κ2) is 8.08. The molecule has 0 spiro atoms. The monoisotopic (exact) mass is 295 g/mol. The van der Waals surface area contributed by atoms with Gasteiger partial charge in [-0.2, -0.15) is 0 Å². The molecule has 1 aromatic rings. The quantitative estimate of drug-likeness (QED) is 0.629. The van der Waals surface area contributed by atoms with E-state index in [1.54, 1.807) is 26.8 Å². The molecule has 7 heteroatoms. The summed E-state index contributed by atoms with van der Waals surface area (Å²) in [5, 5.41) is 7.83. The topological polar surface area (TPSA) is 100 Å². The number of hydrogen-bond donors (Lipinski definition) is 3. The van der Waals surface area contributed by atoms with Crippen LogP contribution in [0.3, 0.4) is 0 Å². The van der Waals surface area contributed by atoms with Gasteiger partial charge in [-0.15, -0.1) is 0 Å². The average Bonchev–Trinajstić information content (AvgIpc) is 2.96. The van der Waals surface area contributed by atoms with Gasteiger partial charge in [0.2, 0.25) is 11.8 Å². The lowest BCUT2D eigenvalue weighted by Gasteiger charge is -2.14. The number of furan rings is 1. The van der Waals surface area contributed by atoms with Gasteiger partial charge in [-0.3, -0.25) is 14.4 Å². The standard InChI is InChI=1S/C14H21N3O4/c1-9(2)12(18)15-6-7-16-13(19)10(3)17-14(20)11-5-4-8-21-11/h4-5,8-10H,6-7H2,1-3H3,(H,15,18)(H,16,19)(H,17,20). The predicted octanol–water partition coefficient (Wildman–Crippen LogP) is 0.286. The molecule has 1 rings (SSSR count). The Hall–Kier alpha value is -2.31. The molecule has 0 aliphatic heterocycles. The van der Waals surface area contributed by atoms with Crippen molar-refractivity contribution >= 4 is 17.7 Å². The van der Waals surface area contributed by atoms with Crippen LogP contribution in [0.5, 0.6) is 0 Å². The van der Waals surface area contributed by atoms with Crippen molar-refractivity contribution < 1.29 is 18.8 Å². The van der Waals surface area contributed by atoms with E-state index in [0.717, 1.165) is 0 Å². The molecule has 0 saturated carbocycles. The van der Waals surface area contributed by atoms with Crippen molar-refractivity contribution in [2.75, 3.05) is 13.1 Å². The average molecular weight is 295 g/mol. The summed E-state index contributed by atoms with van der Waals surface area (Å²) in [7, 11) is 0. The molecular formula is C14H21N3O4. The number of carbonyl (C=O) groups excluding carboxylic acids is 3. The zero-order valence-electron chi connectivity index (χ0n) is 12.4. The molecule has 1 aromatic heterocycles. The highest BCUT2D eigenvalue weighted by Crippen LogP contribution is 1.99. The van der Waals surface area contributed by atoms with Gasteiger partial charge in [0.1, 0.15) is 6.04 Å². The van der Waals surface area contributed by atoms with Crippen LogP contribution in [0.2, 0.25) is 0 Å². The van der Waals surface area contributed by atoms with Crippen LogP contribution in [-0.2, 0) is 9.59 Å². The summed E-state index contributed by atoms with van der Waals surface area (Å²) in [6, 6.07) is 2.42. The van der Waals surface area contributed by atoms with Gasteiger partial charge in [0.25, 0.3) is 5.91 Å². The molecule has 1 atom stereocenters. The number of carbonyl (C=O) groups is 3. The number of rotatable bonds is 7. The first-order valence-electron chi connectivity index (χ1n) is 6.81. The normalized spacial score (nSPS) is 11.8. The Kier molecular flexibility index (Phi) is 6.45. The molecule has 3 N–H and O–H groups in total. The van der Waals surface area contributed by atoms with Gasteiger partial charge in [0, 0.05) is 19.0 Å². The molecule has 0 aromatic carbocycles. The Balaban J connectivity index is 2.25. The Morgan fingerprint density at radius 1 is 1.10 bits per heavy atom. The van der Waals surface area contributed by atoms with Crippen LogP contribution in [0.25, 0.3) is 0 Å². The molecule has 21 heavy (non-hydrogen) atoms. The van der Waals surface area contributed by atoms with Crippen molar-refractivity contribution in [1.82, 2.24) is 16.0 Å². The summed E-state index contributed by atoms with van der Waals surface area (Å²) in [6.45, 7) is 5.81. The molecular weight excluding hydrogens is 274 g/mol. The van der Waals surface area contributed by atoms with Crippen LogP contribution in [0, 0.1) is 5.92 Å². The van der Waals surface area contributed by atoms with Gasteiger partial charge in [0.15, 0.2) is 5.76 Å². The molecule has 0 aliphatic rings. The fourth-order valence-corrected chi connectivity index (χ4v) is 1.47. The minimum absolute atomic E-state index is 0.0663. The highest BCUT2D eigenvalue weighted by molar-refractivity contribution is 5.95. The van der Waals surface area contributed by atoms with E-state index in [-0.39, 0.29) is 23.5 Å². The highest BCUT2D eigenvalue weighted by atomic mass is 16.3. The van der Waals surface area contributed by atoms with Crippen molar-refractivity contribution in [2.45, 2.75) is 26.8 Å². The number of hydrogen-bond acceptors (Lipinski definition) is 4. The maximum Gasteiger partial charge on any atom is 0.287 e. The first-order chi connectivity index (χ1) is 9.91. The highest BCUT2D eigenvalue weighted by Gasteiger charge is 2.17. The lowest BCUT2D eigenvalue weighted by atomic mass is 10.2. The van der Waals surface area contributed by atoms with E-state index in [2.05, 4.69) is 16.0 Å². The number of nitrogens with one attached hydrogen (secondary N) is 3. The zero-order chi connectivity index (χ0) is 15.8. The smallest absolute Gasteiger partial charge is 0.287 e. The predicted molar refractivity (Wildman–Crippen MR) is 76.5 cm³/mol. The van der Waals surface area contributed by atoms with E-state index in [1.807, 2.05) is 0 Å². The van der Waals surface area contributed by atoms with E-state index in [4.69, 9.17) is 4.42 Å². The van der Waals surface area contributed by atoms with E-state index in [9.17, 15) is 14.4 Å². The number of amides is 3. The van der Waals surface area contributed by atoms with Gasteiger partial charge in [-0.1, -0.05) is 13.8 Å². The zero-order valence-corrected chi connectivity index (χ0v) is 12.4. The minimum atomic E-state index is -0.691. The van der Waals surface area contributed by atoms with Crippen molar-refractivity contribution in [3.05, 3.63) is 24.2 Å². The summed E-state index contributed by atoms with van der Waals surface area (Å²) in [5.74, 6) is -0.779. The van der Waals surface area contributed by atoms with Gasteiger partial charge < -0.3 is 20.4 Å². The Bertz CT molecular complexity index is 482. The van der Waals surface area contributed by atoms with E-state index in [1.165, 1.54) is 12.3 Å². The molecule has 0 fully saturated rings. The third kappa shape index (κ3) is 5.68. The first kappa shape index (κ1) is 16.7. The fraction of sp³-hybridized carbons (Fsp3) is 0.500. The summed E-state index contributed by atoms with van der Waals surface area (Å²) in [6.07, 6.45) is 1.39. The molecule has 7 nitrogen and oxygen atoms in total. The Labute approximate surface area is 123 Å². The minimum Gasteiger partial charge on any atom is -0.459 e. The summed E-state index contributed by atoms with van der Waals surface area (Å²) in [4.78, 5) is 34.7. The van der Waals surface area contributed by atoms with Crippen LogP contribution in [0.15, 0.2) is 22.8 Å². The van der Waals surface area contributed by atoms with Crippen molar-refractivity contribution in [3.8, 4) is 0 Å². The van der Waals surface area contributed by atoms with Gasteiger partial charge in [-0.25, -0.2) is 0 Å². The molecule has 116 valence electrons. The van der Waals surface area contributed by atoms with E-state index in [0.29, 0.717) is 13.1 Å². The van der Waals surface area contributed by atoms with Crippen molar-refractivity contribution in [2.24, 2.45) is 5.92 Å². The SMILES string of the molecule is CC(C)C(=O)NCCNC(=O)C(C)NC(=O)c1ccco1. The van der Waals surface area contributed by atoms with Crippen LogP contribution in [-0.4, -0.2) is 36.9 Å². The molecule has 0 radical (unpaired) electrons. The summed E-state index contributed by atoms with van der Waals surface area (Å²) >= 11 is 0. The van der Waals surface area contributed by atoms with Gasteiger partial charge in [0.05, 0.1) is 6.26 Å². The van der Waals surface area contributed by atoms with E-state index < -0.39 is 11.9 Å². The maximum absolute atomic E-state index is 11.8. The fourth-order valence-electron chi connectivity index (χ4n) is 1.47. The second-order valence-electron chi connectivity index (χ2n) is 4.91. The second-order valence-corrected chi connectivity index (χ2v) is 4.91. The first-order valence-corrected chi connectivity index (χ1v) is 6.81. The molecule has 0 bridgehead atoms. The van der Waals surface area contributed by atoms with Crippen LogP contribution in [0.1, 0.15) is 31.3 Å². The van der Waals surface area contributed by atoms with E-state index >= 15 is 0 Å². The molecule has 1 unspecified atom stereocenters. The van der Waals surface area contributed by atoms with Crippen molar-refractivity contribution in [1.29, 1.82) is 0 Å². The van der Waals surface area contributed by atoms with Crippen LogP contribution in [0.4, 0.5) is 0 Å². The van der Waals surface area contributed by atoms with Gasteiger partial charge >= 0.3 is 0 Å². The van der Waals surface area contributed by atoms with Crippen LogP contribution >= 0.6 is 0 Å².